The van der Waals surface area contributed by atoms with Crippen LogP contribution in [0, 0.1) is 0 Å². The Morgan fingerprint density at radius 1 is 1.18 bits per heavy atom. The van der Waals surface area contributed by atoms with Gasteiger partial charge in [0.2, 0.25) is 15.9 Å². The van der Waals surface area contributed by atoms with Gasteiger partial charge in [0, 0.05) is 11.7 Å². The maximum Gasteiger partial charge on any atom is 0.308 e. The zero-order valence-corrected chi connectivity index (χ0v) is 17.4. The highest BCUT2D eigenvalue weighted by molar-refractivity contribution is 7.92. The van der Waals surface area contributed by atoms with Crippen molar-refractivity contribution in [1.82, 2.24) is 4.57 Å². The lowest BCUT2D eigenvalue weighted by Crippen LogP contribution is -2.37. The fourth-order valence-electron chi connectivity index (χ4n) is 2.93. The first-order valence-corrected chi connectivity index (χ1v) is 11.3. The normalized spacial score (nSPS) is 11.7. The molecule has 1 N–H and O–H groups in total. The SMILES string of the molecule is CC(C)n1c(=O)sc2cc(NC(=O)CN(c3ccccc3)S(C)(=O)=O)ccc21. The topological polar surface area (TPSA) is 88.5 Å². The number of benzene rings is 2. The molecule has 148 valence electrons. The Hall–Kier alpha value is -2.65. The van der Waals surface area contributed by atoms with Crippen molar-refractivity contribution in [2.45, 2.75) is 19.9 Å². The van der Waals surface area contributed by atoms with Gasteiger partial charge in [-0.2, -0.15) is 0 Å². The summed E-state index contributed by atoms with van der Waals surface area (Å²) in [6.07, 6.45) is 1.06. The van der Waals surface area contributed by atoms with Gasteiger partial charge in [0.25, 0.3) is 0 Å². The molecule has 1 heterocycles. The number of sulfonamides is 1. The Bertz CT molecular complexity index is 1160. The van der Waals surface area contributed by atoms with Crippen molar-refractivity contribution in [3.63, 3.8) is 0 Å². The van der Waals surface area contributed by atoms with Crippen LogP contribution in [0.2, 0.25) is 0 Å². The number of hydrogen-bond acceptors (Lipinski definition) is 5. The summed E-state index contributed by atoms with van der Waals surface area (Å²) < 4.78 is 27.7. The molecule has 0 bridgehead atoms. The fraction of sp³-hybridized carbons (Fsp3) is 0.263. The first kappa shape index (κ1) is 20.1. The van der Waals surface area contributed by atoms with Gasteiger partial charge in [-0.15, -0.1) is 0 Å². The minimum atomic E-state index is -3.62. The van der Waals surface area contributed by atoms with Crippen LogP contribution in [-0.2, 0) is 14.8 Å². The van der Waals surface area contributed by atoms with E-state index in [-0.39, 0.29) is 17.5 Å². The molecule has 0 fully saturated rings. The van der Waals surface area contributed by atoms with E-state index in [1.54, 1.807) is 53.1 Å². The van der Waals surface area contributed by atoms with Crippen LogP contribution >= 0.6 is 11.3 Å². The van der Waals surface area contributed by atoms with Gasteiger partial charge in [-0.3, -0.25) is 18.5 Å². The molecule has 2 aromatic carbocycles. The summed E-state index contributed by atoms with van der Waals surface area (Å²) in [5.74, 6) is -0.468. The molecule has 1 aromatic heterocycles. The number of nitrogens with zero attached hydrogens (tertiary/aromatic N) is 2. The third-order valence-electron chi connectivity index (χ3n) is 4.15. The predicted molar refractivity (Wildman–Crippen MR) is 114 cm³/mol. The van der Waals surface area contributed by atoms with Crippen molar-refractivity contribution < 1.29 is 13.2 Å². The maximum absolute atomic E-state index is 12.5. The molecule has 0 atom stereocenters. The van der Waals surface area contributed by atoms with Gasteiger partial charge >= 0.3 is 4.87 Å². The summed E-state index contributed by atoms with van der Waals surface area (Å²) in [6, 6.07) is 13.7. The zero-order chi connectivity index (χ0) is 20.5. The van der Waals surface area contributed by atoms with E-state index in [1.807, 2.05) is 13.8 Å². The van der Waals surface area contributed by atoms with E-state index in [1.165, 1.54) is 0 Å². The van der Waals surface area contributed by atoms with E-state index < -0.39 is 15.9 Å². The first-order chi connectivity index (χ1) is 13.2. The summed E-state index contributed by atoms with van der Waals surface area (Å²) in [6.45, 7) is 3.53. The molecule has 0 unspecified atom stereocenters. The standard InChI is InChI=1S/C19H21N3O4S2/c1-13(2)22-16-10-9-14(11-17(16)27-19(22)24)20-18(23)12-21(28(3,25)26)15-7-5-4-6-8-15/h4-11,13H,12H2,1-3H3,(H,20,23). The van der Waals surface area contributed by atoms with Crippen molar-refractivity contribution in [2.75, 3.05) is 22.4 Å². The van der Waals surface area contributed by atoms with Gasteiger partial charge in [-0.05, 0) is 44.2 Å². The smallest absolute Gasteiger partial charge is 0.308 e. The van der Waals surface area contributed by atoms with Crippen LogP contribution in [-0.4, -0.2) is 31.7 Å². The number of rotatable bonds is 6. The van der Waals surface area contributed by atoms with E-state index in [4.69, 9.17) is 0 Å². The summed E-state index contributed by atoms with van der Waals surface area (Å²) in [5, 5.41) is 2.71. The molecular weight excluding hydrogens is 398 g/mol. The van der Waals surface area contributed by atoms with Crippen LogP contribution in [0.3, 0.4) is 0 Å². The largest absolute Gasteiger partial charge is 0.324 e. The Balaban J connectivity index is 1.83. The maximum atomic E-state index is 12.5. The quantitative estimate of drug-likeness (QED) is 0.665. The minimum Gasteiger partial charge on any atom is -0.324 e. The molecule has 9 heteroatoms. The number of hydrogen-bond donors (Lipinski definition) is 1. The van der Waals surface area contributed by atoms with Gasteiger partial charge in [0.05, 0.1) is 22.2 Å². The third kappa shape index (κ3) is 4.26. The second-order valence-electron chi connectivity index (χ2n) is 6.67. The average molecular weight is 420 g/mol. The van der Waals surface area contributed by atoms with Crippen LogP contribution in [0.4, 0.5) is 11.4 Å². The van der Waals surface area contributed by atoms with Crippen LogP contribution in [0.15, 0.2) is 53.3 Å². The molecule has 0 radical (unpaired) electrons. The molecule has 1 amide bonds. The number of nitrogens with one attached hydrogen (secondary N) is 1. The van der Waals surface area contributed by atoms with Crippen LogP contribution in [0.5, 0.6) is 0 Å². The second kappa shape index (κ2) is 7.76. The minimum absolute atomic E-state index is 0.0379. The van der Waals surface area contributed by atoms with Gasteiger partial charge in [0.15, 0.2) is 0 Å². The van der Waals surface area contributed by atoms with Crippen molar-refractivity contribution in [2.24, 2.45) is 0 Å². The van der Waals surface area contributed by atoms with E-state index in [0.717, 1.165) is 32.1 Å². The number of aromatic nitrogens is 1. The molecular formula is C19H21N3O4S2. The molecule has 0 aliphatic rings. The number of amides is 1. The molecule has 7 nitrogen and oxygen atoms in total. The van der Waals surface area contributed by atoms with Crippen molar-refractivity contribution in [3.8, 4) is 0 Å². The van der Waals surface area contributed by atoms with Gasteiger partial charge < -0.3 is 5.32 Å². The number of fused-ring (bicyclic) bond motifs is 1. The highest BCUT2D eigenvalue weighted by Gasteiger charge is 2.21. The van der Waals surface area contributed by atoms with Crippen LogP contribution in [0.25, 0.3) is 10.2 Å². The molecule has 0 saturated carbocycles. The average Bonchev–Trinajstić information content (AvgIpc) is 2.94. The molecule has 0 aliphatic carbocycles. The number of carbonyl (C=O) groups is 1. The van der Waals surface area contributed by atoms with E-state index >= 15 is 0 Å². The lowest BCUT2D eigenvalue weighted by atomic mass is 10.2. The molecule has 0 aliphatic heterocycles. The number of anilines is 2. The number of para-hydroxylation sites is 1. The fourth-order valence-corrected chi connectivity index (χ4v) is 4.84. The Morgan fingerprint density at radius 2 is 1.86 bits per heavy atom. The Kier molecular flexibility index (Phi) is 5.57. The lowest BCUT2D eigenvalue weighted by Gasteiger charge is -2.21. The zero-order valence-electron chi connectivity index (χ0n) is 15.7. The van der Waals surface area contributed by atoms with Crippen molar-refractivity contribution in [1.29, 1.82) is 0 Å². The summed E-state index contributed by atoms with van der Waals surface area (Å²) >= 11 is 1.11. The number of thiazole rings is 1. The van der Waals surface area contributed by atoms with Crippen LogP contribution in [0.1, 0.15) is 19.9 Å². The molecule has 0 spiro atoms. The van der Waals surface area contributed by atoms with Crippen molar-refractivity contribution >= 4 is 48.9 Å². The Labute approximate surface area is 167 Å². The van der Waals surface area contributed by atoms with Gasteiger partial charge in [-0.25, -0.2) is 8.42 Å². The Morgan fingerprint density at radius 3 is 2.46 bits per heavy atom. The lowest BCUT2D eigenvalue weighted by molar-refractivity contribution is -0.114. The van der Waals surface area contributed by atoms with Gasteiger partial charge in [0.1, 0.15) is 6.54 Å². The molecule has 3 aromatic rings. The van der Waals surface area contributed by atoms with E-state index in [0.29, 0.717) is 11.4 Å². The van der Waals surface area contributed by atoms with Crippen LogP contribution < -0.4 is 14.5 Å². The highest BCUT2D eigenvalue weighted by atomic mass is 32.2. The highest BCUT2D eigenvalue weighted by Crippen LogP contribution is 2.24. The second-order valence-corrected chi connectivity index (χ2v) is 9.57. The summed E-state index contributed by atoms with van der Waals surface area (Å²) in [4.78, 5) is 24.6. The summed E-state index contributed by atoms with van der Waals surface area (Å²) in [7, 11) is -3.62. The number of carbonyl (C=O) groups excluding carboxylic acids is 1. The molecule has 0 saturated heterocycles. The van der Waals surface area contributed by atoms with Crippen molar-refractivity contribution in [3.05, 3.63) is 58.2 Å². The summed E-state index contributed by atoms with van der Waals surface area (Å²) in [5.41, 5.74) is 1.74. The first-order valence-electron chi connectivity index (χ1n) is 8.64. The van der Waals surface area contributed by atoms with Gasteiger partial charge in [-0.1, -0.05) is 29.5 Å². The monoisotopic (exact) mass is 419 g/mol. The van der Waals surface area contributed by atoms with E-state index in [2.05, 4.69) is 5.32 Å². The molecule has 28 heavy (non-hydrogen) atoms. The molecule has 3 rings (SSSR count). The predicted octanol–water partition coefficient (Wildman–Crippen LogP) is 3.05. The third-order valence-corrected chi connectivity index (χ3v) is 6.20. The van der Waals surface area contributed by atoms with E-state index in [9.17, 15) is 18.0 Å².